The summed E-state index contributed by atoms with van der Waals surface area (Å²) in [4.78, 5) is 27.7. The summed E-state index contributed by atoms with van der Waals surface area (Å²) in [7, 11) is 0. The van der Waals surface area contributed by atoms with Gasteiger partial charge in [-0.05, 0) is 43.2 Å². The molecule has 6 nitrogen and oxygen atoms in total. The highest BCUT2D eigenvalue weighted by molar-refractivity contribution is 6.35. The van der Waals surface area contributed by atoms with Crippen LogP contribution >= 0.6 is 23.2 Å². The van der Waals surface area contributed by atoms with Crippen LogP contribution in [0.5, 0.6) is 0 Å². The number of aromatic amines is 1. The Morgan fingerprint density at radius 1 is 1.24 bits per heavy atom. The molecule has 0 spiro atoms. The highest BCUT2D eigenvalue weighted by Crippen LogP contribution is 2.26. The average Bonchev–Trinajstić information content (AvgIpc) is 3.22. The molecule has 1 fully saturated rings. The summed E-state index contributed by atoms with van der Waals surface area (Å²) < 4.78 is 13.2. The lowest BCUT2D eigenvalue weighted by molar-refractivity contribution is 0.189. The van der Waals surface area contributed by atoms with Gasteiger partial charge in [-0.2, -0.15) is 9.37 Å². The van der Waals surface area contributed by atoms with Crippen LogP contribution in [0.1, 0.15) is 18.3 Å². The van der Waals surface area contributed by atoms with Crippen molar-refractivity contribution in [2.45, 2.75) is 25.8 Å². The van der Waals surface area contributed by atoms with Crippen molar-refractivity contribution < 1.29 is 9.18 Å². The maximum Gasteiger partial charge on any atom is 0.320 e. The molecular formula is C20H20Cl2FN5O. The van der Waals surface area contributed by atoms with E-state index in [4.69, 9.17) is 23.2 Å². The number of imidazole rings is 1. The van der Waals surface area contributed by atoms with Gasteiger partial charge in [0.1, 0.15) is 5.82 Å². The van der Waals surface area contributed by atoms with Crippen LogP contribution in [-0.4, -0.2) is 56.5 Å². The van der Waals surface area contributed by atoms with Gasteiger partial charge in [-0.3, -0.25) is 0 Å². The summed E-state index contributed by atoms with van der Waals surface area (Å²) in [6, 6.07) is 8.39. The fraction of sp³-hybridized carbons (Fsp3) is 0.350. The molecule has 1 N–H and O–H groups in total. The number of aromatic nitrogens is 3. The molecule has 0 radical (unpaired) electrons. The highest BCUT2D eigenvalue weighted by atomic mass is 35.5. The Balaban J connectivity index is 1.44. The molecule has 1 saturated heterocycles. The monoisotopic (exact) mass is 435 g/mol. The molecule has 2 aromatic heterocycles. The molecule has 1 aliphatic heterocycles. The number of likely N-dealkylation sites (N-methyl/N-ethyl adjacent to an activating group) is 1. The van der Waals surface area contributed by atoms with E-state index in [0.717, 1.165) is 5.56 Å². The third-order valence-electron chi connectivity index (χ3n) is 5.18. The van der Waals surface area contributed by atoms with Gasteiger partial charge in [0.25, 0.3) is 0 Å². The number of carbonyl (C=O) groups is 1. The topological polar surface area (TPSA) is 65.1 Å². The second kappa shape index (κ2) is 8.16. The second-order valence-electron chi connectivity index (χ2n) is 7.05. The van der Waals surface area contributed by atoms with Crippen molar-refractivity contribution >= 4 is 40.4 Å². The number of pyridine rings is 1. The molecule has 1 unspecified atom stereocenters. The van der Waals surface area contributed by atoms with Gasteiger partial charge in [0, 0.05) is 36.1 Å². The lowest BCUT2D eigenvalue weighted by atomic mass is 10.1. The smallest absolute Gasteiger partial charge is 0.320 e. The maximum absolute atomic E-state index is 13.2. The van der Waals surface area contributed by atoms with Crippen LogP contribution in [0.25, 0.3) is 11.2 Å². The molecular weight excluding hydrogens is 416 g/mol. The molecule has 0 bridgehead atoms. The number of nitrogens with one attached hydrogen (secondary N) is 1. The molecule has 3 heterocycles. The summed E-state index contributed by atoms with van der Waals surface area (Å²) in [6.07, 6.45) is 1.20. The average molecular weight is 436 g/mol. The number of hydrogen-bond donors (Lipinski definition) is 1. The number of halogens is 3. The number of benzene rings is 1. The first-order chi connectivity index (χ1) is 13.9. The first kappa shape index (κ1) is 19.9. The third kappa shape index (κ3) is 4.16. The Labute approximate surface area is 177 Å². The minimum atomic E-state index is -0.562. The molecule has 3 aromatic rings. The number of urea groups is 1. The molecule has 152 valence electrons. The number of rotatable bonds is 6. The fourth-order valence-corrected chi connectivity index (χ4v) is 4.23. The predicted molar refractivity (Wildman–Crippen MR) is 111 cm³/mol. The number of nitrogens with zero attached hydrogens (tertiary/aromatic N) is 4. The summed E-state index contributed by atoms with van der Waals surface area (Å²) in [5.74, 6) is 0.116. The van der Waals surface area contributed by atoms with Crippen LogP contribution < -0.4 is 0 Å². The number of fused-ring (bicyclic) bond motifs is 1. The second-order valence-corrected chi connectivity index (χ2v) is 7.89. The van der Waals surface area contributed by atoms with E-state index in [2.05, 4.69) is 15.0 Å². The molecule has 2 amide bonds. The van der Waals surface area contributed by atoms with Crippen molar-refractivity contribution in [3.8, 4) is 0 Å². The largest absolute Gasteiger partial charge is 0.341 e. The van der Waals surface area contributed by atoms with E-state index in [0.29, 0.717) is 59.5 Å². The summed E-state index contributed by atoms with van der Waals surface area (Å²) in [5, 5.41) is 1.21. The van der Waals surface area contributed by atoms with Crippen LogP contribution in [0.3, 0.4) is 0 Å². The molecule has 1 atom stereocenters. The molecule has 1 aliphatic rings. The number of carbonyl (C=O) groups excluding carboxylic acids is 1. The van der Waals surface area contributed by atoms with Gasteiger partial charge in [-0.15, -0.1) is 0 Å². The molecule has 1 aromatic carbocycles. The number of H-pyrrole nitrogens is 1. The Bertz CT molecular complexity index is 1060. The van der Waals surface area contributed by atoms with Crippen LogP contribution in [-0.2, 0) is 12.8 Å². The fourth-order valence-electron chi connectivity index (χ4n) is 3.74. The minimum Gasteiger partial charge on any atom is -0.341 e. The quantitative estimate of drug-likeness (QED) is 0.586. The molecule has 4 rings (SSSR count). The zero-order valence-electron chi connectivity index (χ0n) is 15.8. The third-order valence-corrected chi connectivity index (χ3v) is 5.77. The van der Waals surface area contributed by atoms with Gasteiger partial charge < -0.3 is 14.8 Å². The standard InChI is InChI=1S/C20H20Cl2FN5O/c1-2-28-14(9-12-3-4-13(21)10-15(12)22)11-27(20(28)29)8-7-18-24-16-5-6-17(23)25-19(16)26-18/h3-6,10,14H,2,7-9,11H2,1H3,(H,24,25,26). The lowest BCUT2D eigenvalue weighted by Crippen LogP contribution is -2.36. The number of hydrogen-bond acceptors (Lipinski definition) is 3. The van der Waals surface area contributed by atoms with Crippen LogP contribution in [0, 0.1) is 5.95 Å². The zero-order valence-corrected chi connectivity index (χ0v) is 17.3. The maximum atomic E-state index is 13.2. The molecule has 9 heteroatoms. The van der Waals surface area contributed by atoms with E-state index in [-0.39, 0.29) is 12.1 Å². The van der Waals surface area contributed by atoms with Gasteiger partial charge in [0.15, 0.2) is 5.65 Å². The van der Waals surface area contributed by atoms with Crippen molar-refractivity contribution in [1.29, 1.82) is 0 Å². The first-order valence-electron chi connectivity index (χ1n) is 9.45. The Hall–Kier alpha value is -2.38. The van der Waals surface area contributed by atoms with Gasteiger partial charge in [0.2, 0.25) is 5.95 Å². The van der Waals surface area contributed by atoms with Crippen LogP contribution in [0.4, 0.5) is 9.18 Å². The van der Waals surface area contributed by atoms with Crippen LogP contribution in [0.15, 0.2) is 30.3 Å². The predicted octanol–water partition coefficient (Wildman–Crippen LogP) is 4.32. The van der Waals surface area contributed by atoms with Gasteiger partial charge >= 0.3 is 6.03 Å². The first-order valence-corrected chi connectivity index (χ1v) is 10.2. The van der Waals surface area contributed by atoms with Crippen molar-refractivity contribution in [3.63, 3.8) is 0 Å². The normalized spacial score (nSPS) is 17.0. The highest BCUT2D eigenvalue weighted by Gasteiger charge is 2.36. The lowest BCUT2D eigenvalue weighted by Gasteiger charge is -2.21. The van der Waals surface area contributed by atoms with E-state index >= 15 is 0 Å². The van der Waals surface area contributed by atoms with Gasteiger partial charge in [-0.25, -0.2) is 9.78 Å². The van der Waals surface area contributed by atoms with Crippen molar-refractivity contribution in [2.75, 3.05) is 19.6 Å². The molecule has 0 aliphatic carbocycles. The molecule has 0 saturated carbocycles. The number of amides is 2. The summed E-state index contributed by atoms with van der Waals surface area (Å²) in [5.41, 5.74) is 2.00. The summed E-state index contributed by atoms with van der Waals surface area (Å²) in [6.45, 7) is 3.72. The van der Waals surface area contributed by atoms with Crippen LogP contribution in [0.2, 0.25) is 10.0 Å². The van der Waals surface area contributed by atoms with E-state index in [1.807, 2.05) is 28.9 Å². The Kier molecular flexibility index (Phi) is 5.61. The van der Waals surface area contributed by atoms with E-state index in [1.54, 1.807) is 12.1 Å². The SMILES string of the molecule is CCN1C(=O)N(CCc2nc3nc(F)ccc3[nH]2)CC1Cc1ccc(Cl)cc1Cl. The Morgan fingerprint density at radius 2 is 2.07 bits per heavy atom. The zero-order chi connectivity index (χ0) is 20.5. The molecule has 29 heavy (non-hydrogen) atoms. The van der Waals surface area contributed by atoms with Gasteiger partial charge in [0.05, 0.1) is 11.6 Å². The van der Waals surface area contributed by atoms with E-state index < -0.39 is 5.95 Å². The minimum absolute atomic E-state index is 0.00265. The van der Waals surface area contributed by atoms with E-state index in [9.17, 15) is 9.18 Å². The summed E-state index contributed by atoms with van der Waals surface area (Å²) >= 11 is 12.3. The van der Waals surface area contributed by atoms with Crippen molar-refractivity contribution in [3.05, 3.63) is 57.7 Å². The van der Waals surface area contributed by atoms with Crippen molar-refractivity contribution in [2.24, 2.45) is 0 Å². The van der Waals surface area contributed by atoms with Crippen molar-refractivity contribution in [1.82, 2.24) is 24.8 Å². The van der Waals surface area contributed by atoms with E-state index in [1.165, 1.54) is 6.07 Å². The van der Waals surface area contributed by atoms with Gasteiger partial charge in [-0.1, -0.05) is 29.3 Å². The Morgan fingerprint density at radius 3 is 2.83 bits per heavy atom.